The monoisotopic (exact) mass is 236 g/mol. The molecule has 1 aromatic carbocycles. The Morgan fingerprint density at radius 2 is 2.29 bits per heavy atom. The number of benzene rings is 1. The molecular formula is C12H16N2O3. The normalized spacial score (nSPS) is 20.5. The number of rotatable bonds is 0. The summed E-state index contributed by atoms with van der Waals surface area (Å²) >= 11 is 0. The van der Waals surface area contributed by atoms with Crippen LogP contribution in [-0.4, -0.2) is 40.4 Å². The number of carbonyl (C=O) groups is 1. The Kier molecular flexibility index (Phi) is 3.49. The van der Waals surface area contributed by atoms with Gasteiger partial charge in [0.2, 0.25) is 0 Å². The van der Waals surface area contributed by atoms with Crippen LogP contribution in [0.2, 0.25) is 0 Å². The minimum atomic E-state index is -0.938. The zero-order chi connectivity index (χ0) is 12.3. The number of hydrogen-bond donors (Lipinski definition) is 3. The largest absolute Gasteiger partial charge is 0.465 e. The van der Waals surface area contributed by atoms with Gasteiger partial charge in [-0.25, -0.2) is 4.79 Å². The van der Waals surface area contributed by atoms with Crippen molar-refractivity contribution in [1.82, 2.24) is 4.90 Å². The van der Waals surface area contributed by atoms with E-state index in [2.05, 4.69) is 29.6 Å². The van der Waals surface area contributed by atoms with Crippen molar-refractivity contribution in [2.75, 3.05) is 18.4 Å². The van der Waals surface area contributed by atoms with Gasteiger partial charge in [0.1, 0.15) is 0 Å². The zero-order valence-electron chi connectivity index (χ0n) is 9.47. The molecule has 1 amide bonds. The fraction of sp³-hybridized carbons (Fsp3) is 0.417. The van der Waals surface area contributed by atoms with Crippen LogP contribution in [0.4, 0.5) is 10.5 Å². The van der Waals surface area contributed by atoms with Crippen LogP contribution in [0.1, 0.15) is 12.0 Å². The minimum Gasteiger partial charge on any atom is -0.465 e. The van der Waals surface area contributed by atoms with Crippen molar-refractivity contribution in [2.45, 2.75) is 19.1 Å². The van der Waals surface area contributed by atoms with Gasteiger partial charge in [-0.1, -0.05) is 12.1 Å². The first-order valence-electron chi connectivity index (χ1n) is 5.64. The molecule has 5 heteroatoms. The van der Waals surface area contributed by atoms with Crippen LogP contribution >= 0.6 is 0 Å². The highest BCUT2D eigenvalue weighted by Crippen LogP contribution is 2.17. The first kappa shape index (κ1) is 11.7. The quantitative estimate of drug-likeness (QED) is 0.635. The molecule has 92 valence electrons. The van der Waals surface area contributed by atoms with Crippen molar-refractivity contribution >= 4 is 11.8 Å². The standard InChI is InChI=1S/C7H7N.C5H9NO3/c1-2-6-4-7(3-1)8-5-6;7-4-1-2-6(3-4)5(8)9/h1-4,8H,5H2;4,7H,1-3H2,(H,8,9). The summed E-state index contributed by atoms with van der Waals surface area (Å²) in [6.07, 6.45) is -0.806. The van der Waals surface area contributed by atoms with Crippen LogP contribution in [0.15, 0.2) is 24.3 Å². The molecule has 3 rings (SSSR count). The molecule has 0 aromatic heterocycles. The Balaban J connectivity index is 0.000000127. The summed E-state index contributed by atoms with van der Waals surface area (Å²) < 4.78 is 0. The third kappa shape index (κ3) is 3.10. The first-order chi connectivity index (χ1) is 8.15. The number of likely N-dealkylation sites (tertiary alicyclic amines) is 1. The summed E-state index contributed by atoms with van der Waals surface area (Å²) in [4.78, 5) is 11.4. The summed E-state index contributed by atoms with van der Waals surface area (Å²) in [5, 5.41) is 20.4. The fourth-order valence-corrected chi connectivity index (χ4v) is 1.91. The van der Waals surface area contributed by atoms with E-state index in [9.17, 15) is 4.79 Å². The molecule has 0 spiro atoms. The lowest BCUT2D eigenvalue weighted by molar-refractivity contribution is 0.140. The van der Waals surface area contributed by atoms with E-state index in [0.717, 1.165) is 6.54 Å². The Bertz CT molecular complexity index is 389. The highest BCUT2D eigenvalue weighted by Gasteiger charge is 2.23. The van der Waals surface area contributed by atoms with Gasteiger partial charge < -0.3 is 20.4 Å². The van der Waals surface area contributed by atoms with Crippen LogP contribution in [0.5, 0.6) is 0 Å². The van der Waals surface area contributed by atoms with Gasteiger partial charge in [0.15, 0.2) is 0 Å². The number of aliphatic hydroxyl groups is 1. The number of β-amino-alcohol motifs (C(OH)–C–C–N with tert-alkyl or cyclic N) is 1. The van der Waals surface area contributed by atoms with Gasteiger partial charge >= 0.3 is 6.09 Å². The SMILES string of the molecule is O=C(O)N1CCC(O)C1.c1cc2cc(c1)NC2. The number of nitrogens with zero attached hydrogens (tertiary/aromatic N) is 1. The number of aliphatic hydroxyl groups excluding tert-OH is 1. The van der Waals surface area contributed by atoms with E-state index in [1.54, 1.807) is 0 Å². The second kappa shape index (κ2) is 5.05. The predicted molar refractivity (Wildman–Crippen MR) is 64.0 cm³/mol. The van der Waals surface area contributed by atoms with Crippen LogP contribution in [-0.2, 0) is 6.54 Å². The predicted octanol–water partition coefficient (Wildman–Crippen LogP) is 1.34. The van der Waals surface area contributed by atoms with Gasteiger partial charge in [-0.3, -0.25) is 0 Å². The number of carboxylic acid groups (broad SMARTS) is 1. The Morgan fingerprint density at radius 1 is 1.47 bits per heavy atom. The van der Waals surface area contributed by atoms with E-state index in [1.165, 1.54) is 16.2 Å². The lowest BCUT2D eigenvalue weighted by Crippen LogP contribution is -2.27. The molecule has 2 heterocycles. The number of hydrogen-bond acceptors (Lipinski definition) is 3. The van der Waals surface area contributed by atoms with Gasteiger partial charge in [-0.15, -0.1) is 0 Å². The van der Waals surface area contributed by atoms with Crippen molar-refractivity contribution in [3.05, 3.63) is 29.8 Å². The van der Waals surface area contributed by atoms with E-state index in [-0.39, 0.29) is 6.54 Å². The van der Waals surface area contributed by atoms with E-state index < -0.39 is 12.2 Å². The second-order valence-corrected chi connectivity index (χ2v) is 4.23. The van der Waals surface area contributed by atoms with Crippen molar-refractivity contribution in [1.29, 1.82) is 0 Å². The molecule has 0 aliphatic carbocycles. The maximum Gasteiger partial charge on any atom is 0.407 e. The van der Waals surface area contributed by atoms with Gasteiger partial charge in [-0.05, 0) is 24.1 Å². The molecule has 3 N–H and O–H groups in total. The smallest absolute Gasteiger partial charge is 0.407 e. The molecule has 5 nitrogen and oxygen atoms in total. The highest BCUT2D eigenvalue weighted by atomic mass is 16.4. The topological polar surface area (TPSA) is 72.8 Å². The number of nitrogens with one attached hydrogen (secondary N) is 1. The van der Waals surface area contributed by atoms with Gasteiger partial charge in [-0.2, -0.15) is 0 Å². The highest BCUT2D eigenvalue weighted by molar-refractivity contribution is 5.65. The molecule has 2 aliphatic rings. The number of anilines is 1. The lowest BCUT2D eigenvalue weighted by Gasteiger charge is -2.08. The van der Waals surface area contributed by atoms with Crippen LogP contribution in [0, 0.1) is 0 Å². The molecule has 1 atom stereocenters. The van der Waals surface area contributed by atoms with Crippen molar-refractivity contribution < 1.29 is 15.0 Å². The molecule has 17 heavy (non-hydrogen) atoms. The second-order valence-electron chi connectivity index (χ2n) is 4.23. The van der Waals surface area contributed by atoms with E-state index >= 15 is 0 Å². The zero-order valence-corrected chi connectivity index (χ0v) is 9.47. The summed E-state index contributed by atoms with van der Waals surface area (Å²) in [6.45, 7) is 1.76. The van der Waals surface area contributed by atoms with Gasteiger partial charge in [0.05, 0.1) is 6.10 Å². The lowest BCUT2D eigenvalue weighted by atomic mass is 10.2. The van der Waals surface area contributed by atoms with E-state index in [1.807, 2.05) is 0 Å². The number of fused-ring (bicyclic) bond motifs is 2. The molecule has 0 saturated carbocycles. The molecule has 1 saturated heterocycles. The molecule has 1 unspecified atom stereocenters. The van der Waals surface area contributed by atoms with E-state index in [0.29, 0.717) is 13.0 Å². The fourth-order valence-electron chi connectivity index (χ4n) is 1.91. The number of amides is 1. The first-order valence-corrected chi connectivity index (χ1v) is 5.64. The maximum atomic E-state index is 10.2. The average molecular weight is 236 g/mol. The Hall–Kier alpha value is -1.75. The summed E-state index contributed by atoms with van der Waals surface area (Å²) in [7, 11) is 0. The van der Waals surface area contributed by atoms with Gasteiger partial charge in [0, 0.05) is 25.3 Å². The average Bonchev–Trinajstić information content (AvgIpc) is 2.87. The van der Waals surface area contributed by atoms with Crippen LogP contribution in [0.25, 0.3) is 0 Å². The summed E-state index contributed by atoms with van der Waals surface area (Å²) in [6, 6.07) is 8.45. The van der Waals surface area contributed by atoms with Crippen molar-refractivity contribution in [3.8, 4) is 0 Å². The Labute approximate surface area is 99.7 Å². The third-order valence-electron chi connectivity index (χ3n) is 2.86. The maximum absolute atomic E-state index is 10.2. The van der Waals surface area contributed by atoms with Crippen LogP contribution < -0.4 is 5.32 Å². The van der Waals surface area contributed by atoms with Crippen molar-refractivity contribution in [2.24, 2.45) is 0 Å². The van der Waals surface area contributed by atoms with Crippen LogP contribution in [0.3, 0.4) is 0 Å². The Morgan fingerprint density at radius 3 is 2.76 bits per heavy atom. The minimum absolute atomic E-state index is 0.273. The van der Waals surface area contributed by atoms with Crippen molar-refractivity contribution in [3.63, 3.8) is 0 Å². The third-order valence-corrected chi connectivity index (χ3v) is 2.86. The summed E-state index contributed by atoms with van der Waals surface area (Å²) in [5.41, 5.74) is 2.64. The molecule has 2 aliphatic heterocycles. The molecule has 1 fully saturated rings. The molecule has 0 radical (unpaired) electrons. The molecule has 2 bridgehead atoms. The molecular weight excluding hydrogens is 220 g/mol. The summed E-state index contributed by atoms with van der Waals surface area (Å²) in [5.74, 6) is 0. The van der Waals surface area contributed by atoms with Gasteiger partial charge in [0.25, 0.3) is 0 Å². The molecule has 1 aromatic rings. The van der Waals surface area contributed by atoms with E-state index in [4.69, 9.17) is 10.2 Å².